The molecule has 0 fully saturated rings. The Morgan fingerprint density at radius 2 is 2.04 bits per heavy atom. The second kappa shape index (κ2) is 6.23. The van der Waals surface area contributed by atoms with Crippen molar-refractivity contribution in [1.29, 1.82) is 0 Å². The minimum atomic E-state index is 0.244. The first-order valence-electron chi connectivity index (χ1n) is 9.15. The van der Waals surface area contributed by atoms with Gasteiger partial charge in [0.05, 0.1) is 11.1 Å². The highest BCUT2D eigenvalue weighted by Crippen LogP contribution is 2.44. The molecule has 1 aliphatic carbocycles. The molecule has 0 spiro atoms. The number of phenolic OH excluding ortho intramolecular Hbond substituents is 1. The SMILES string of the molecule is Cc1ccc(Nc2ncnc3sc4c(c23)CCC(C(C)(C)C)C4)c(O)c1. The Morgan fingerprint density at radius 3 is 2.77 bits per heavy atom. The van der Waals surface area contributed by atoms with Gasteiger partial charge in [-0.1, -0.05) is 26.8 Å². The van der Waals surface area contributed by atoms with Crippen LogP contribution in [-0.4, -0.2) is 15.1 Å². The van der Waals surface area contributed by atoms with Crippen LogP contribution in [0.25, 0.3) is 10.2 Å². The van der Waals surface area contributed by atoms with Crippen LogP contribution < -0.4 is 5.32 Å². The highest BCUT2D eigenvalue weighted by Gasteiger charge is 2.31. The third-order valence-corrected chi connectivity index (χ3v) is 6.64. The molecule has 0 saturated carbocycles. The van der Waals surface area contributed by atoms with Gasteiger partial charge in [0, 0.05) is 4.88 Å². The number of aryl methyl sites for hydroxylation is 2. The number of fused-ring (bicyclic) bond motifs is 3. The lowest BCUT2D eigenvalue weighted by Gasteiger charge is -2.33. The van der Waals surface area contributed by atoms with Gasteiger partial charge >= 0.3 is 0 Å². The van der Waals surface area contributed by atoms with E-state index in [1.165, 1.54) is 16.9 Å². The molecule has 3 aromatic rings. The number of hydrogen-bond donors (Lipinski definition) is 2. The van der Waals surface area contributed by atoms with E-state index in [0.717, 1.165) is 34.4 Å². The maximum Gasteiger partial charge on any atom is 0.142 e. The molecule has 1 aliphatic rings. The number of aromatic hydroxyl groups is 1. The van der Waals surface area contributed by atoms with Crippen molar-refractivity contribution >= 4 is 33.1 Å². The first kappa shape index (κ1) is 17.3. The van der Waals surface area contributed by atoms with Gasteiger partial charge in [-0.25, -0.2) is 9.97 Å². The van der Waals surface area contributed by atoms with Crippen LogP contribution in [0.2, 0.25) is 0 Å². The zero-order valence-corrected chi connectivity index (χ0v) is 16.6. The summed E-state index contributed by atoms with van der Waals surface area (Å²) in [6.45, 7) is 8.97. The zero-order chi connectivity index (χ0) is 18.5. The van der Waals surface area contributed by atoms with Gasteiger partial charge in [-0.15, -0.1) is 11.3 Å². The van der Waals surface area contributed by atoms with Crippen LogP contribution in [0.1, 0.15) is 43.2 Å². The van der Waals surface area contributed by atoms with Gasteiger partial charge in [-0.2, -0.15) is 0 Å². The van der Waals surface area contributed by atoms with E-state index in [4.69, 9.17) is 0 Å². The largest absolute Gasteiger partial charge is 0.506 e. The maximum atomic E-state index is 10.2. The summed E-state index contributed by atoms with van der Waals surface area (Å²) in [5, 5.41) is 14.7. The van der Waals surface area contributed by atoms with E-state index < -0.39 is 0 Å². The molecule has 136 valence electrons. The Labute approximate surface area is 158 Å². The number of hydrogen-bond acceptors (Lipinski definition) is 5. The first-order valence-corrected chi connectivity index (χ1v) is 9.96. The molecule has 4 nitrogen and oxygen atoms in total. The van der Waals surface area contributed by atoms with Gasteiger partial charge in [0.2, 0.25) is 0 Å². The maximum absolute atomic E-state index is 10.2. The zero-order valence-electron chi connectivity index (χ0n) is 15.8. The molecule has 4 rings (SSSR count). The molecular weight excluding hydrogens is 342 g/mol. The van der Waals surface area contributed by atoms with Gasteiger partial charge in [-0.3, -0.25) is 0 Å². The smallest absolute Gasteiger partial charge is 0.142 e. The molecule has 1 aromatic carbocycles. The van der Waals surface area contributed by atoms with Gasteiger partial charge in [0.1, 0.15) is 22.7 Å². The second-order valence-corrected chi connectivity index (χ2v) is 9.44. The second-order valence-electron chi connectivity index (χ2n) is 8.36. The number of thiophene rings is 1. The third-order valence-electron chi connectivity index (χ3n) is 5.48. The van der Waals surface area contributed by atoms with E-state index in [9.17, 15) is 5.11 Å². The topological polar surface area (TPSA) is 58.0 Å². The fraction of sp³-hybridized carbons (Fsp3) is 0.429. The number of rotatable bonds is 2. The van der Waals surface area contributed by atoms with Crippen molar-refractivity contribution in [2.75, 3.05) is 5.32 Å². The summed E-state index contributed by atoms with van der Waals surface area (Å²) in [4.78, 5) is 11.5. The molecule has 0 amide bonds. The number of phenols is 1. The quantitative estimate of drug-likeness (QED) is 0.579. The van der Waals surface area contributed by atoms with Gasteiger partial charge in [0.15, 0.2) is 0 Å². The molecule has 2 heterocycles. The molecule has 2 aromatic heterocycles. The lowest BCUT2D eigenvalue weighted by Crippen LogP contribution is -2.26. The van der Waals surface area contributed by atoms with Crippen molar-refractivity contribution in [2.24, 2.45) is 11.3 Å². The van der Waals surface area contributed by atoms with Gasteiger partial charge in [0.25, 0.3) is 0 Å². The van der Waals surface area contributed by atoms with E-state index in [2.05, 4.69) is 36.1 Å². The molecule has 26 heavy (non-hydrogen) atoms. The van der Waals surface area contributed by atoms with E-state index in [-0.39, 0.29) is 5.75 Å². The van der Waals surface area contributed by atoms with Crippen LogP contribution >= 0.6 is 11.3 Å². The van der Waals surface area contributed by atoms with E-state index in [1.807, 2.05) is 19.1 Å². The fourth-order valence-corrected chi connectivity index (χ4v) is 5.09. The normalized spacial score (nSPS) is 17.3. The lowest BCUT2D eigenvalue weighted by atomic mass is 9.72. The van der Waals surface area contributed by atoms with Gasteiger partial charge < -0.3 is 10.4 Å². The summed E-state index contributed by atoms with van der Waals surface area (Å²) in [6.07, 6.45) is 5.00. The number of benzene rings is 1. The molecule has 0 bridgehead atoms. The molecule has 5 heteroatoms. The molecule has 0 aliphatic heterocycles. The third kappa shape index (κ3) is 3.05. The summed E-state index contributed by atoms with van der Waals surface area (Å²) in [7, 11) is 0. The lowest BCUT2D eigenvalue weighted by molar-refractivity contribution is 0.218. The Kier molecular flexibility index (Phi) is 4.14. The predicted molar refractivity (Wildman–Crippen MR) is 109 cm³/mol. The molecule has 2 N–H and O–H groups in total. The summed E-state index contributed by atoms with van der Waals surface area (Å²) in [5.74, 6) is 1.74. The van der Waals surface area contributed by atoms with Crippen molar-refractivity contribution in [1.82, 2.24) is 9.97 Å². The van der Waals surface area contributed by atoms with Crippen molar-refractivity contribution in [2.45, 2.75) is 47.0 Å². The Hall–Kier alpha value is -2.14. The highest BCUT2D eigenvalue weighted by molar-refractivity contribution is 7.19. The van der Waals surface area contributed by atoms with E-state index >= 15 is 0 Å². The van der Waals surface area contributed by atoms with Crippen molar-refractivity contribution in [3.05, 3.63) is 40.5 Å². The van der Waals surface area contributed by atoms with Crippen LogP contribution in [-0.2, 0) is 12.8 Å². The van der Waals surface area contributed by atoms with Crippen LogP contribution in [0.5, 0.6) is 5.75 Å². The minimum absolute atomic E-state index is 0.244. The Balaban J connectivity index is 1.75. The van der Waals surface area contributed by atoms with Crippen molar-refractivity contribution < 1.29 is 5.11 Å². The van der Waals surface area contributed by atoms with Crippen LogP contribution in [0.4, 0.5) is 11.5 Å². The molecule has 0 radical (unpaired) electrons. The van der Waals surface area contributed by atoms with Crippen molar-refractivity contribution in [3.63, 3.8) is 0 Å². The minimum Gasteiger partial charge on any atom is -0.506 e. The van der Waals surface area contributed by atoms with E-state index in [0.29, 0.717) is 17.0 Å². The molecule has 1 unspecified atom stereocenters. The summed E-state index contributed by atoms with van der Waals surface area (Å²) in [5.41, 5.74) is 3.43. The van der Waals surface area contributed by atoms with E-state index in [1.54, 1.807) is 23.7 Å². The van der Waals surface area contributed by atoms with Crippen molar-refractivity contribution in [3.8, 4) is 5.75 Å². The van der Waals surface area contributed by atoms with Crippen LogP contribution in [0, 0.1) is 18.3 Å². The molecular formula is C21H25N3OS. The monoisotopic (exact) mass is 367 g/mol. The average Bonchev–Trinajstić information content (AvgIpc) is 2.95. The first-order chi connectivity index (χ1) is 12.3. The molecule has 0 saturated heterocycles. The Bertz CT molecular complexity index is 971. The number of nitrogens with zero attached hydrogens (tertiary/aromatic N) is 2. The van der Waals surface area contributed by atoms with Crippen LogP contribution in [0.3, 0.4) is 0 Å². The highest BCUT2D eigenvalue weighted by atomic mass is 32.1. The standard InChI is InChI=1S/C21H25N3OS/c1-12-5-8-15(16(25)9-12)24-19-18-14-7-6-13(21(2,3)4)10-17(14)26-20(18)23-11-22-19/h5,8-9,11,13,25H,6-7,10H2,1-4H3,(H,22,23,24). The summed E-state index contributed by atoms with van der Waals surface area (Å²) >= 11 is 1.80. The Morgan fingerprint density at radius 1 is 1.23 bits per heavy atom. The van der Waals surface area contributed by atoms with Gasteiger partial charge in [-0.05, 0) is 60.8 Å². The molecule has 1 atom stereocenters. The number of aromatic nitrogens is 2. The van der Waals surface area contributed by atoms with Crippen LogP contribution in [0.15, 0.2) is 24.5 Å². The number of anilines is 2. The summed E-state index contributed by atoms with van der Waals surface area (Å²) in [6, 6.07) is 5.64. The fourth-order valence-electron chi connectivity index (χ4n) is 3.82. The number of nitrogens with one attached hydrogen (secondary N) is 1. The predicted octanol–water partition coefficient (Wildman–Crippen LogP) is 5.60. The average molecular weight is 368 g/mol. The summed E-state index contributed by atoms with van der Waals surface area (Å²) < 4.78 is 0.